The first-order valence-corrected chi connectivity index (χ1v) is 7.05. The standard InChI is InChI=1S/C12H24F2N4O4/c13-9(7-17-11(19)20)5-15-3-1-2-4-16-6-10(14)8-18-12(21)22/h9-10,15-18H,1-8H2,(H,19,20)(H,21,22). The predicted molar refractivity (Wildman–Crippen MR) is 76.8 cm³/mol. The summed E-state index contributed by atoms with van der Waals surface area (Å²) in [4.78, 5) is 20.3. The molecule has 0 heterocycles. The van der Waals surface area contributed by atoms with E-state index >= 15 is 0 Å². The highest BCUT2D eigenvalue weighted by Gasteiger charge is 2.08. The molecule has 130 valence electrons. The molecule has 0 saturated heterocycles. The number of carboxylic acid groups (broad SMARTS) is 2. The Kier molecular flexibility index (Phi) is 12.0. The first-order valence-electron chi connectivity index (χ1n) is 7.05. The lowest BCUT2D eigenvalue weighted by Crippen LogP contribution is -2.36. The Labute approximate surface area is 127 Å². The maximum atomic E-state index is 13.1. The number of nitrogens with one attached hydrogen (secondary N) is 4. The van der Waals surface area contributed by atoms with Gasteiger partial charge in [0.15, 0.2) is 0 Å². The normalized spacial score (nSPS) is 13.4. The lowest BCUT2D eigenvalue weighted by Gasteiger charge is -2.11. The van der Waals surface area contributed by atoms with Crippen molar-refractivity contribution in [1.29, 1.82) is 0 Å². The molecular weight excluding hydrogens is 302 g/mol. The van der Waals surface area contributed by atoms with Crippen molar-refractivity contribution in [3.05, 3.63) is 0 Å². The monoisotopic (exact) mass is 326 g/mol. The third-order valence-corrected chi connectivity index (χ3v) is 2.64. The van der Waals surface area contributed by atoms with Crippen molar-refractivity contribution in [1.82, 2.24) is 21.3 Å². The molecule has 0 aliphatic heterocycles. The molecule has 0 aliphatic rings. The number of carbonyl (C=O) groups is 2. The summed E-state index contributed by atoms with van der Waals surface area (Å²) in [6, 6.07) is 0. The van der Waals surface area contributed by atoms with Crippen molar-refractivity contribution < 1.29 is 28.6 Å². The molecule has 0 bridgehead atoms. The SMILES string of the molecule is O=C(O)NCC(F)CNCCCCNCC(F)CNC(=O)O. The fourth-order valence-corrected chi connectivity index (χ4v) is 1.56. The topological polar surface area (TPSA) is 123 Å². The highest BCUT2D eigenvalue weighted by molar-refractivity contribution is 5.64. The summed E-state index contributed by atoms with van der Waals surface area (Å²) < 4.78 is 26.2. The van der Waals surface area contributed by atoms with Gasteiger partial charge in [0.1, 0.15) is 12.3 Å². The molecule has 0 saturated carbocycles. The average molecular weight is 326 g/mol. The zero-order chi connectivity index (χ0) is 16.8. The fourth-order valence-electron chi connectivity index (χ4n) is 1.56. The second kappa shape index (κ2) is 13.0. The molecular formula is C12H24F2N4O4. The van der Waals surface area contributed by atoms with Crippen LogP contribution in [-0.4, -0.2) is 74.0 Å². The lowest BCUT2D eigenvalue weighted by molar-refractivity contribution is 0.187. The highest BCUT2D eigenvalue weighted by atomic mass is 19.1. The van der Waals surface area contributed by atoms with Crippen LogP contribution in [0, 0.1) is 0 Å². The van der Waals surface area contributed by atoms with Crippen molar-refractivity contribution in [2.45, 2.75) is 25.2 Å². The maximum Gasteiger partial charge on any atom is 0.404 e. The summed E-state index contributed by atoms with van der Waals surface area (Å²) in [5.74, 6) is 0. The molecule has 0 aromatic rings. The Morgan fingerprint density at radius 2 is 1.14 bits per heavy atom. The highest BCUT2D eigenvalue weighted by Crippen LogP contribution is 1.90. The van der Waals surface area contributed by atoms with Gasteiger partial charge >= 0.3 is 12.2 Å². The smallest absolute Gasteiger partial charge is 0.404 e. The van der Waals surface area contributed by atoms with E-state index in [1.54, 1.807) is 0 Å². The van der Waals surface area contributed by atoms with Crippen molar-refractivity contribution in [2.24, 2.45) is 0 Å². The molecule has 0 fully saturated rings. The van der Waals surface area contributed by atoms with Gasteiger partial charge in [0.05, 0.1) is 13.1 Å². The van der Waals surface area contributed by atoms with Gasteiger partial charge in [0.25, 0.3) is 0 Å². The fraction of sp³-hybridized carbons (Fsp3) is 0.833. The van der Waals surface area contributed by atoms with Gasteiger partial charge in [-0.05, 0) is 25.9 Å². The van der Waals surface area contributed by atoms with Crippen LogP contribution in [-0.2, 0) is 0 Å². The number of hydrogen-bond donors (Lipinski definition) is 6. The molecule has 0 aliphatic carbocycles. The summed E-state index contributed by atoms with van der Waals surface area (Å²) in [7, 11) is 0. The Hall–Kier alpha value is -1.68. The van der Waals surface area contributed by atoms with Crippen LogP contribution in [0.3, 0.4) is 0 Å². The number of alkyl halides is 2. The molecule has 22 heavy (non-hydrogen) atoms. The summed E-state index contributed by atoms with van der Waals surface area (Å²) in [5, 5.41) is 26.2. The van der Waals surface area contributed by atoms with Gasteiger partial charge in [-0.3, -0.25) is 0 Å². The van der Waals surface area contributed by atoms with Gasteiger partial charge in [-0.25, -0.2) is 18.4 Å². The molecule has 10 heteroatoms. The molecule has 0 aromatic carbocycles. The number of rotatable bonds is 13. The third-order valence-electron chi connectivity index (χ3n) is 2.64. The van der Waals surface area contributed by atoms with Crippen molar-refractivity contribution in [3.63, 3.8) is 0 Å². The average Bonchev–Trinajstić information content (AvgIpc) is 2.45. The van der Waals surface area contributed by atoms with E-state index in [0.29, 0.717) is 13.1 Å². The lowest BCUT2D eigenvalue weighted by atomic mass is 10.3. The van der Waals surface area contributed by atoms with Crippen LogP contribution in [0.15, 0.2) is 0 Å². The largest absolute Gasteiger partial charge is 0.465 e. The predicted octanol–water partition coefficient (Wildman–Crippen LogP) is 0.157. The molecule has 2 unspecified atom stereocenters. The van der Waals surface area contributed by atoms with Crippen LogP contribution in [0.25, 0.3) is 0 Å². The number of unbranched alkanes of at least 4 members (excludes halogenated alkanes) is 1. The van der Waals surface area contributed by atoms with Crippen LogP contribution in [0.5, 0.6) is 0 Å². The van der Waals surface area contributed by atoms with Crippen molar-refractivity contribution in [2.75, 3.05) is 39.3 Å². The van der Waals surface area contributed by atoms with Gasteiger partial charge in [0, 0.05) is 13.1 Å². The van der Waals surface area contributed by atoms with E-state index in [9.17, 15) is 18.4 Å². The minimum absolute atomic E-state index is 0.0706. The number of hydrogen-bond acceptors (Lipinski definition) is 4. The second-order valence-corrected chi connectivity index (χ2v) is 4.68. The van der Waals surface area contributed by atoms with E-state index in [2.05, 4.69) is 10.6 Å². The van der Waals surface area contributed by atoms with E-state index in [1.165, 1.54) is 0 Å². The number of halogens is 2. The minimum Gasteiger partial charge on any atom is -0.465 e. The van der Waals surface area contributed by atoms with Gasteiger partial charge in [0.2, 0.25) is 0 Å². The summed E-state index contributed by atoms with van der Waals surface area (Å²) in [6.07, 6.45) is -3.53. The van der Waals surface area contributed by atoms with Gasteiger partial charge in [-0.2, -0.15) is 0 Å². The quantitative estimate of drug-likeness (QED) is 0.268. The maximum absolute atomic E-state index is 13.1. The molecule has 2 atom stereocenters. The van der Waals surface area contributed by atoms with Crippen molar-refractivity contribution >= 4 is 12.2 Å². The van der Waals surface area contributed by atoms with Gasteiger partial charge < -0.3 is 31.5 Å². The molecule has 0 spiro atoms. The van der Waals surface area contributed by atoms with Crippen LogP contribution >= 0.6 is 0 Å². The second-order valence-electron chi connectivity index (χ2n) is 4.68. The van der Waals surface area contributed by atoms with Crippen LogP contribution in [0.2, 0.25) is 0 Å². The zero-order valence-corrected chi connectivity index (χ0v) is 12.3. The van der Waals surface area contributed by atoms with E-state index in [1.807, 2.05) is 10.6 Å². The summed E-state index contributed by atoms with van der Waals surface area (Å²) in [6.45, 7) is 0.810. The van der Waals surface area contributed by atoms with Gasteiger partial charge in [-0.1, -0.05) is 0 Å². The zero-order valence-electron chi connectivity index (χ0n) is 12.3. The Bertz CT molecular complexity index is 294. The summed E-state index contributed by atoms with van der Waals surface area (Å²) >= 11 is 0. The van der Waals surface area contributed by atoms with E-state index in [-0.39, 0.29) is 26.2 Å². The molecule has 0 aromatic heterocycles. The van der Waals surface area contributed by atoms with E-state index < -0.39 is 24.5 Å². The molecule has 6 N–H and O–H groups in total. The Morgan fingerprint density at radius 3 is 1.45 bits per heavy atom. The number of amides is 2. The van der Waals surface area contributed by atoms with Crippen LogP contribution in [0.4, 0.5) is 18.4 Å². The molecule has 0 rings (SSSR count). The minimum atomic E-state index is -1.27. The first kappa shape index (κ1) is 20.3. The van der Waals surface area contributed by atoms with Crippen LogP contribution in [0.1, 0.15) is 12.8 Å². The summed E-state index contributed by atoms with van der Waals surface area (Å²) in [5.41, 5.74) is 0. The Morgan fingerprint density at radius 1 is 0.773 bits per heavy atom. The Balaban J connectivity index is 3.29. The molecule has 0 radical (unpaired) electrons. The molecule has 8 nitrogen and oxygen atoms in total. The van der Waals surface area contributed by atoms with Gasteiger partial charge in [-0.15, -0.1) is 0 Å². The van der Waals surface area contributed by atoms with Crippen LogP contribution < -0.4 is 21.3 Å². The first-order chi connectivity index (χ1) is 10.4. The molecule has 2 amide bonds. The van der Waals surface area contributed by atoms with Crippen molar-refractivity contribution in [3.8, 4) is 0 Å². The van der Waals surface area contributed by atoms with E-state index in [4.69, 9.17) is 10.2 Å². The van der Waals surface area contributed by atoms with E-state index in [0.717, 1.165) is 12.8 Å². The third kappa shape index (κ3) is 14.7.